The molecule has 0 amide bonds. The van der Waals surface area contributed by atoms with Gasteiger partial charge in [-0.05, 0) is 25.1 Å². The van der Waals surface area contributed by atoms with Crippen LogP contribution in [0.4, 0.5) is 0 Å². The summed E-state index contributed by atoms with van der Waals surface area (Å²) >= 11 is 3.24. The zero-order valence-corrected chi connectivity index (χ0v) is 13.3. The molecule has 0 fully saturated rings. The van der Waals surface area contributed by atoms with E-state index in [1.807, 2.05) is 6.07 Å². The van der Waals surface area contributed by atoms with Crippen LogP contribution in [0.3, 0.4) is 0 Å². The van der Waals surface area contributed by atoms with Crippen LogP contribution in [0, 0.1) is 11.3 Å². The Morgan fingerprint density at radius 2 is 2.16 bits per heavy atom. The fraction of sp³-hybridized carbons (Fsp3) is 0.417. The number of benzene rings is 1. The third kappa shape index (κ3) is 3.26. The van der Waals surface area contributed by atoms with Crippen LogP contribution >= 0.6 is 15.9 Å². The number of nitrogens with zero attached hydrogens (tertiary/aromatic N) is 2. The number of sulfonamides is 1. The molecule has 0 bridgehead atoms. The van der Waals surface area contributed by atoms with E-state index in [-0.39, 0.29) is 17.2 Å². The highest BCUT2D eigenvalue weighted by molar-refractivity contribution is 9.10. The Labute approximate surface area is 122 Å². The third-order valence-corrected chi connectivity index (χ3v) is 5.20. The second-order valence-corrected chi connectivity index (χ2v) is 6.58. The molecule has 5 nitrogen and oxygen atoms in total. The number of ether oxygens (including phenoxy) is 1. The van der Waals surface area contributed by atoms with Crippen molar-refractivity contribution in [3.8, 4) is 11.8 Å². The molecule has 0 heterocycles. The molecule has 0 radical (unpaired) electrons. The summed E-state index contributed by atoms with van der Waals surface area (Å²) in [4.78, 5) is 0.0494. The lowest BCUT2D eigenvalue weighted by molar-refractivity contribution is 0.382. The van der Waals surface area contributed by atoms with Crippen molar-refractivity contribution in [2.75, 3.05) is 13.7 Å². The van der Waals surface area contributed by atoms with Crippen molar-refractivity contribution in [3.05, 3.63) is 22.7 Å². The SMILES string of the molecule is CCN(C(C)C#N)S(=O)(=O)c1cc(Br)ccc1OC. The van der Waals surface area contributed by atoms with Crippen molar-refractivity contribution in [1.29, 1.82) is 5.26 Å². The molecule has 1 rings (SSSR count). The highest BCUT2D eigenvalue weighted by Crippen LogP contribution is 2.30. The molecule has 104 valence electrons. The first-order valence-corrected chi connectivity index (χ1v) is 7.86. The number of nitriles is 1. The summed E-state index contributed by atoms with van der Waals surface area (Å²) in [6.45, 7) is 3.45. The molecular formula is C12H15BrN2O3S. The zero-order chi connectivity index (χ0) is 14.6. The lowest BCUT2D eigenvalue weighted by atomic mass is 10.3. The van der Waals surface area contributed by atoms with Gasteiger partial charge < -0.3 is 4.74 Å². The second-order valence-electron chi connectivity index (χ2n) is 3.81. The van der Waals surface area contributed by atoms with Gasteiger partial charge in [-0.15, -0.1) is 0 Å². The molecule has 0 spiro atoms. The third-order valence-electron chi connectivity index (χ3n) is 2.64. The second kappa shape index (κ2) is 6.37. The molecule has 1 unspecified atom stereocenters. The molecule has 0 aliphatic carbocycles. The Morgan fingerprint density at radius 3 is 2.63 bits per heavy atom. The van der Waals surface area contributed by atoms with Crippen molar-refractivity contribution in [1.82, 2.24) is 4.31 Å². The predicted molar refractivity (Wildman–Crippen MR) is 75.3 cm³/mol. The van der Waals surface area contributed by atoms with Gasteiger partial charge in [-0.3, -0.25) is 0 Å². The largest absolute Gasteiger partial charge is 0.495 e. The summed E-state index contributed by atoms with van der Waals surface area (Å²) in [6, 6.07) is 5.94. The molecule has 7 heteroatoms. The number of rotatable bonds is 5. The van der Waals surface area contributed by atoms with E-state index in [0.29, 0.717) is 4.47 Å². The average molecular weight is 347 g/mol. The molecule has 0 N–H and O–H groups in total. The fourth-order valence-electron chi connectivity index (χ4n) is 1.69. The van der Waals surface area contributed by atoms with E-state index < -0.39 is 16.1 Å². The average Bonchev–Trinajstić information content (AvgIpc) is 2.38. The van der Waals surface area contributed by atoms with E-state index in [1.54, 1.807) is 26.0 Å². The molecule has 0 aromatic heterocycles. The minimum absolute atomic E-state index is 0.0494. The quantitative estimate of drug-likeness (QED) is 0.820. The minimum atomic E-state index is -3.77. The molecule has 0 aliphatic heterocycles. The lowest BCUT2D eigenvalue weighted by Gasteiger charge is -2.23. The maximum Gasteiger partial charge on any atom is 0.247 e. The number of hydrogen-bond donors (Lipinski definition) is 0. The Kier molecular flexibility index (Phi) is 5.35. The van der Waals surface area contributed by atoms with Crippen molar-refractivity contribution < 1.29 is 13.2 Å². The monoisotopic (exact) mass is 346 g/mol. The van der Waals surface area contributed by atoms with Crippen LogP contribution in [-0.2, 0) is 10.0 Å². The summed E-state index contributed by atoms with van der Waals surface area (Å²) in [6.07, 6.45) is 0. The smallest absolute Gasteiger partial charge is 0.247 e. The Bertz CT molecular complexity index is 595. The van der Waals surface area contributed by atoms with Gasteiger partial charge in [-0.2, -0.15) is 9.57 Å². The summed E-state index contributed by atoms with van der Waals surface area (Å²) in [7, 11) is -2.36. The molecule has 0 saturated heterocycles. The standard InChI is InChI=1S/C12H15BrN2O3S/c1-4-15(9(2)8-14)19(16,17)12-7-10(13)5-6-11(12)18-3/h5-7,9H,4H2,1-3H3. The maximum absolute atomic E-state index is 12.6. The van der Waals surface area contributed by atoms with Crippen LogP contribution < -0.4 is 4.74 Å². The number of halogens is 1. The van der Waals surface area contributed by atoms with E-state index in [1.165, 1.54) is 13.2 Å². The summed E-state index contributed by atoms with van der Waals surface area (Å²) in [5.41, 5.74) is 0. The van der Waals surface area contributed by atoms with Crippen molar-refractivity contribution in [2.45, 2.75) is 24.8 Å². The Hall–Kier alpha value is -1.10. The van der Waals surface area contributed by atoms with Crippen LogP contribution in [0.5, 0.6) is 5.75 Å². The van der Waals surface area contributed by atoms with Gasteiger partial charge in [0, 0.05) is 11.0 Å². The normalized spacial score (nSPS) is 13.1. The van der Waals surface area contributed by atoms with Crippen LogP contribution in [0.25, 0.3) is 0 Å². The zero-order valence-electron chi connectivity index (χ0n) is 10.9. The van der Waals surface area contributed by atoms with Gasteiger partial charge in [0.05, 0.1) is 13.2 Å². The molecule has 1 aromatic carbocycles. The van der Waals surface area contributed by atoms with Gasteiger partial charge in [0.2, 0.25) is 10.0 Å². The van der Waals surface area contributed by atoms with Gasteiger partial charge in [0.15, 0.2) is 0 Å². The highest BCUT2D eigenvalue weighted by atomic mass is 79.9. The number of methoxy groups -OCH3 is 1. The molecule has 0 saturated carbocycles. The van der Waals surface area contributed by atoms with Crippen LogP contribution in [0.15, 0.2) is 27.6 Å². The van der Waals surface area contributed by atoms with E-state index in [2.05, 4.69) is 15.9 Å². The van der Waals surface area contributed by atoms with Gasteiger partial charge in [0.25, 0.3) is 0 Å². The van der Waals surface area contributed by atoms with Gasteiger partial charge in [-0.1, -0.05) is 22.9 Å². The van der Waals surface area contributed by atoms with E-state index in [0.717, 1.165) is 4.31 Å². The fourth-order valence-corrected chi connectivity index (χ4v) is 3.94. The molecular weight excluding hydrogens is 332 g/mol. The first kappa shape index (κ1) is 16.0. The van der Waals surface area contributed by atoms with E-state index in [4.69, 9.17) is 10.00 Å². The van der Waals surface area contributed by atoms with Crippen molar-refractivity contribution in [2.24, 2.45) is 0 Å². The maximum atomic E-state index is 12.6. The first-order valence-electron chi connectivity index (χ1n) is 5.63. The van der Waals surface area contributed by atoms with Gasteiger partial charge in [0.1, 0.15) is 16.7 Å². The topological polar surface area (TPSA) is 70.4 Å². The van der Waals surface area contributed by atoms with Gasteiger partial charge in [-0.25, -0.2) is 8.42 Å². The minimum Gasteiger partial charge on any atom is -0.495 e. The van der Waals surface area contributed by atoms with Crippen LogP contribution in [0.2, 0.25) is 0 Å². The first-order chi connectivity index (χ1) is 8.88. The molecule has 0 aliphatic rings. The molecule has 1 aromatic rings. The van der Waals surface area contributed by atoms with E-state index >= 15 is 0 Å². The van der Waals surface area contributed by atoms with Gasteiger partial charge >= 0.3 is 0 Å². The molecule has 19 heavy (non-hydrogen) atoms. The highest BCUT2D eigenvalue weighted by Gasteiger charge is 2.30. The Morgan fingerprint density at radius 1 is 1.53 bits per heavy atom. The van der Waals surface area contributed by atoms with Crippen molar-refractivity contribution >= 4 is 26.0 Å². The van der Waals surface area contributed by atoms with Crippen molar-refractivity contribution in [3.63, 3.8) is 0 Å². The van der Waals surface area contributed by atoms with E-state index in [9.17, 15) is 8.42 Å². The number of hydrogen-bond acceptors (Lipinski definition) is 4. The van der Waals surface area contributed by atoms with Crippen LogP contribution in [-0.4, -0.2) is 32.4 Å². The predicted octanol–water partition coefficient (Wildman–Crippen LogP) is 2.38. The van der Waals surface area contributed by atoms with Crippen LogP contribution in [0.1, 0.15) is 13.8 Å². The lowest BCUT2D eigenvalue weighted by Crippen LogP contribution is -2.37. The summed E-state index contributed by atoms with van der Waals surface area (Å²) in [5, 5.41) is 8.93. The summed E-state index contributed by atoms with van der Waals surface area (Å²) in [5.74, 6) is 0.256. The molecule has 1 atom stereocenters. The Balaban J connectivity index is 3.42. The summed E-state index contributed by atoms with van der Waals surface area (Å²) < 4.78 is 32.0.